The van der Waals surface area contributed by atoms with Gasteiger partial charge >= 0.3 is 0 Å². The molecule has 9 heteroatoms. The van der Waals surface area contributed by atoms with E-state index in [9.17, 15) is 9.90 Å². The highest BCUT2D eigenvalue weighted by Gasteiger charge is 2.19. The van der Waals surface area contributed by atoms with Crippen LogP contribution in [0.3, 0.4) is 0 Å². The number of ether oxygens (including phenoxy) is 1. The fourth-order valence-electron chi connectivity index (χ4n) is 3.97. The van der Waals surface area contributed by atoms with Crippen molar-refractivity contribution in [3.63, 3.8) is 0 Å². The van der Waals surface area contributed by atoms with E-state index in [1.54, 1.807) is 19.2 Å². The lowest BCUT2D eigenvalue weighted by Crippen LogP contribution is -2.37. The van der Waals surface area contributed by atoms with Crippen molar-refractivity contribution in [3.05, 3.63) is 71.3 Å². The van der Waals surface area contributed by atoms with Gasteiger partial charge < -0.3 is 20.1 Å². The van der Waals surface area contributed by atoms with Crippen LogP contribution >= 0.6 is 15.9 Å². The van der Waals surface area contributed by atoms with Crippen LogP contribution in [0.25, 0.3) is 16.9 Å². The summed E-state index contributed by atoms with van der Waals surface area (Å²) in [4.78, 5) is 17.2. The zero-order valence-corrected chi connectivity index (χ0v) is 21.9. The Hall–Kier alpha value is -3.43. The molecule has 1 atom stereocenters. The molecule has 0 spiro atoms. The van der Waals surface area contributed by atoms with Gasteiger partial charge in [-0.2, -0.15) is 9.61 Å². The number of fused-ring (bicyclic) bond motifs is 1. The van der Waals surface area contributed by atoms with Gasteiger partial charge in [-0.15, -0.1) is 0 Å². The number of piperidine rings is 1. The van der Waals surface area contributed by atoms with Gasteiger partial charge in [-0.1, -0.05) is 30.3 Å². The number of benzene rings is 2. The number of nitrogens with one attached hydrogen (secondary N) is 1. The largest absolute Gasteiger partial charge is 0.507 e. The zero-order chi connectivity index (χ0) is 25.5. The highest BCUT2D eigenvalue weighted by molar-refractivity contribution is 9.10. The van der Waals surface area contributed by atoms with E-state index in [1.165, 1.54) is 0 Å². The summed E-state index contributed by atoms with van der Waals surface area (Å²) >= 11 is 3.52. The fraction of sp³-hybridized carbons (Fsp3) is 0.296. The van der Waals surface area contributed by atoms with Crippen molar-refractivity contribution in [2.24, 2.45) is 0 Å². The van der Waals surface area contributed by atoms with E-state index in [2.05, 4.69) is 43.3 Å². The minimum atomic E-state index is -0.364. The number of carbonyl (C=O) groups excluding carboxylic acids is 1. The summed E-state index contributed by atoms with van der Waals surface area (Å²) in [5, 5.41) is 18.2. The molecule has 0 bridgehead atoms. The summed E-state index contributed by atoms with van der Waals surface area (Å²) in [5.74, 6) is 1.84. The van der Waals surface area contributed by atoms with Crippen LogP contribution < -0.4 is 10.1 Å². The number of phenolic OH excluding ortho intramolecular Hbond substituents is 1. The van der Waals surface area contributed by atoms with Crippen molar-refractivity contribution in [3.8, 4) is 22.8 Å². The Labute approximate surface area is 219 Å². The van der Waals surface area contributed by atoms with Crippen molar-refractivity contribution in [2.75, 3.05) is 25.5 Å². The van der Waals surface area contributed by atoms with Crippen molar-refractivity contribution in [1.29, 1.82) is 0 Å². The zero-order valence-electron chi connectivity index (χ0n) is 20.3. The first-order valence-corrected chi connectivity index (χ1v) is 12.7. The predicted octanol–water partition coefficient (Wildman–Crippen LogP) is 5.02. The summed E-state index contributed by atoms with van der Waals surface area (Å²) in [6.07, 6.45) is 4.34. The SMILES string of the molecule is CC(C=O)Oc1ccccc1.CN1CCC(Nc2cc(-c3ccccc3O)nc3c(Br)cnn23)CC1. The van der Waals surface area contributed by atoms with Gasteiger partial charge in [0.25, 0.3) is 0 Å². The van der Waals surface area contributed by atoms with E-state index in [-0.39, 0.29) is 11.9 Å². The highest BCUT2D eigenvalue weighted by atomic mass is 79.9. The molecule has 1 aliphatic heterocycles. The summed E-state index contributed by atoms with van der Waals surface area (Å²) in [6.45, 7) is 3.88. The summed E-state index contributed by atoms with van der Waals surface area (Å²) in [7, 11) is 2.15. The average Bonchev–Trinajstić information content (AvgIpc) is 3.27. The van der Waals surface area contributed by atoms with Crippen LogP contribution in [0, 0.1) is 0 Å². The number of hydrogen-bond donors (Lipinski definition) is 2. The van der Waals surface area contributed by atoms with E-state index in [1.807, 2.05) is 59.1 Å². The molecule has 8 nitrogen and oxygen atoms in total. The molecule has 4 aromatic rings. The Kier molecular flexibility index (Phi) is 8.56. The van der Waals surface area contributed by atoms with E-state index in [0.717, 1.165) is 59.6 Å². The molecule has 0 saturated carbocycles. The molecule has 1 saturated heterocycles. The molecule has 0 amide bonds. The number of rotatable bonds is 6. The number of likely N-dealkylation sites (tertiary alicyclic amines) is 1. The molecule has 1 aliphatic rings. The van der Waals surface area contributed by atoms with E-state index >= 15 is 0 Å². The average molecular weight is 552 g/mol. The molecule has 188 valence electrons. The molecular formula is C27H30BrN5O3. The number of aldehydes is 1. The van der Waals surface area contributed by atoms with Gasteiger partial charge in [-0.3, -0.25) is 4.79 Å². The third-order valence-corrected chi connectivity index (χ3v) is 6.50. The van der Waals surface area contributed by atoms with Crippen LogP contribution in [0.1, 0.15) is 19.8 Å². The summed E-state index contributed by atoms with van der Waals surface area (Å²) in [5.41, 5.74) is 2.17. The summed E-state index contributed by atoms with van der Waals surface area (Å²) in [6, 6.07) is 18.9. The van der Waals surface area contributed by atoms with Gasteiger partial charge in [0, 0.05) is 17.7 Å². The third-order valence-electron chi connectivity index (χ3n) is 5.94. The van der Waals surface area contributed by atoms with Gasteiger partial charge in [-0.05, 0) is 80.1 Å². The summed E-state index contributed by atoms with van der Waals surface area (Å²) < 4.78 is 7.84. The first-order valence-electron chi connectivity index (χ1n) is 11.9. The van der Waals surface area contributed by atoms with Crippen molar-refractivity contribution < 1.29 is 14.6 Å². The number of anilines is 1. The number of aromatic nitrogens is 3. The Bertz CT molecular complexity index is 1290. The number of phenols is 1. The maximum atomic E-state index is 10.2. The second-order valence-corrected chi connectivity index (χ2v) is 9.62. The van der Waals surface area contributed by atoms with E-state index in [4.69, 9.17) is 4.74 Å². The van der Waals surface area contributed by atoms with Gasteiger partial charge in [0.1, 0.15) is 17.3 Å². The molecule has 3 heterocycles. The van der Waals surface area contributed by atoms with Crippen LogP contribution in [0.4, 0.5) is 5.82 Å². The number of aromatic hydroxyl groups is 1. The fourth-order valence-corrected chi connectivity index (χ4v) is 4.32. The monoisotopic (exact) mass is 551 g/mol. The lowest BCUT2D eigenvalue weighted by atomic mass is 10.1. The van der Waals surface area contributed by atoms with Crippen LogP contribution in [0.15, 0.2) is 71.3 Å². The van der Waals surface area contributed by atoms with Crippen molar-refractivity contribution in [1.82, 2.24) is 19.5 Å². The van der Waals surface area contributed by atoms with Gasteiger partial charge in [0.2, 0.25) is 0 Å². The Morgan fingerprint density at radius 2 is 1.83 bits per heavy atom. The highest BCUT2D eigenvalue weighted by Crippen LogP contribution is 2.31. The number of nitrogens with zero attached hydrogens (tertiary/aromatic N) is 4. The first kappa shape index (κ1) is 25.7. The lowest BCUT2D eigenvalue weighted by molar-refractivity contribution is -0.113. The van der Waals surface area contributed by atoms with Crippen LogP contribution in [-0.4, -0.2) is 63.2 Å². The topological polar surface area (TPSA) is 92.0 Å². The van der Waals surface area contributed by atoms with Gasteiger partial charge in [0.15, 0.2) is 18.0 Å². The standard InChI is InChI=1S/C18H20BrN5O.C9H10O2/c1-23-8-6-12(7-9-23)21-17-10-15(13-4-2-3-5-16(13)25)22-18-14(19)11-20-24(17)18;1-8(7-10)11-9-5-3-2-4-6-9/h2-5,10-12,21,25H,6-9H2,1H3;2-8H,1H3. The van der Waals surface area contributed by atoms with E-state index < -0.39 is 0 Å². The van der Waals surface area contributed by atoms with E-state index in [0.29, 0.717) is 11.6 Å². The van der Waals surface area contributed by atoms with Gasteiger partial charge in [-0.25, -0.2) is 4.98 Å². The number of para-hydroxylation sites is 2. The number of halogens is 1. The molecule has 1 fully saturated rings. The normalized spacial score (nSPS) is 15.1. The van der Waals surface area contributed by atoms with Gasteiger partial charge in [0.05, 0.1) is 16.4 Å². The molecule has 2 N–H and O–H groups in total. The minimum Gasteiger partial charge on any atom is -0.507 e. The second kappa shape index (κ2) is 12.0. The predicted molar refractivity (Wildman–Crippen MR) is 145 cm³/mol. The Morgan fingerprint density at radius 1 is 1.14 bits per heavy atom. The maximum absolute atomic E-state index is 10.2. The maximum Gasteiger partial charge on any atom is 0.172 e. The quantitative estimate of drug-likeness (QED) is 0.325. The third kappa shape index (κ3) is 6.41. The molecule has 2 aromatic carbocycles. The molecule has 36 heavy (non-hydrogen) atoms. The second-order valence-electron chi connectivity index (χ2n) is 8.77. The number of hydrogen-bond acceptors (Lipinski definition) is 7. The molecule has 5 rings (SSSR count). The Morgan fingerprint density at radius 3 is 2.53 bits per heavy atom. The van der Waals surface area contributed by atoms with Crippen molar-refractivity contribution >= 4 is 33.7 Å². The Balaban J connectivity index is 0.000000233. The van der Waals surface area contributed by atoms with Crippen LogP contribution in [0.2, 0.25) is 0 Å². The first-order chi connectivity index (χ1) is 17.4. The smallest absolute Gasteiger partial charge is 0.172 e. The van der Waals surface area contributed by atoms with Crippen LogP contribution in [-0.2, 0) is 4.79 Å². The van der Waals surface area contributed by atoms with Crippen LogP contribution in [0.5, 0.6) is 11.5 Å². The molecular weight excluding hydrogens is 522 g/mol. The molecule has 2 aromatic heterocycles. The lowest BCUT2D eigenvalue weighted by Gasteiger charge is -2.30. The minimum absolute atomic E-state index is 0.222. The molecule has 0 aliphatic carbocycles. The van der Waals surface area contributed by atoms with Crippen molar-refractivity contribution in [2.45, 2.75) is 31.9 Å². The molecule has 1 unspecified atom stereocenters. The molecule has 0 radical (unpaired) electrons. The number of carbonyl (C=O) groups is 1.